The Kier molecular flexibility index (Phi) is 45.6. The number of benzene rings is 5. The number of nitrogens with zero attached hydrogens (tertiary/aromatic N) is 2. The maximum absolute atomic E-state index is 15.8. The minimum absolute atomic E-state index is 0.00730. The van der Waals surface area contributed by atoms with Crippen LogP contribution >= 0.6 is 54.8 Å². The number of likely N-dealkylation sites (N-methyl/N-ethyl adjacent to an activating group) is 1. The number of hydrogen-bond acceptors (Lipinski definition) is 26. The number of unbranched alkanes of at least 4 members (excludes halogenated alkanes) is 8. The number of aromatic amines is 2. The van der Waals surface area contributed by atoms with Gasteiger partial charge in [0, 0.05) is 110 Å². The monoisotopic (exact) mass is 2090 g/mol. The number of ether oxygens (including phenoxy) is 5. The number of esters is 1. The highest BCUT2D eigenvalue weighted by molar-refractivity contribution is 8.77. The van der Waals surface area contributed by atoms with Crippen LogP contribution in [0.15, 0.2) is 139 Å². The molecule has 0 spiro atoms. The number of fused-ring (bicyclic) bond motifs is 6. The fourth-order valence-electron chi connectivity index (χ4n) is 17.8. The zero-order valence-corrected chi connectivity index (χ0v) is 88.0. The molecule has 10 rings (SSSR count). The van der Waals surface area contributed by atoms with Gasteiger partial charge in [-0.1, -0.05) is 204 Å². The number of alkyl carbamates (subject to hydrolysis) is 1. The second-order valence-corrected chi connectivity index (χ2v) is 43.7. The van der Waals surface area contributed by atoms with Gasteiger partial charge in [0.05, 0.1) is 37.5 Å². The van der Waals surface area contributed by atoms with Crippen LogP contribution in [0.2, 0.25) is 5.02 Å². The summed E-state index contributed by atoms with van der Waals surface area (Å²) in [6, 6.07) is 20.5. The fourth-order valence-corrected chi connectivity index (χ4v) is 23.2. The third-order valence-corrected chi connectivity index (χ3v) is 32.2. The highest BCUT2D eigenvalue weighted by atomic mass is 35.5. The molecular formula is C104H144ClN15O20S4. The van der Waals surface area contributed by atoms with Gasteiger partial charge in [0.1, 0.15) is 88.8 Å². The van der Waals surface area contributed by atoms with E-state index in [1.165, 1.54) is 67.8 Å². The molecule has 7 aromatic rings. The molecular weight excluding hydrogens is 1940 g/mol. The van der Waals surface area contributed by atoms with Gasteiger partial charge in [0.25, 0.3) is 0 Å². The quantitative estimate of drug-likeness (QED) is 0.00732. The van der Waals surface area contributed by atoms with Gasteiger partial charge in [-0.3, -0.25) is 53.3 Å². The van der Waals surface area contributed by atoms with Crippen LogP contribution in [0.25, 0.3) is 21.8 Å². The molecule has 18 N–H and O–H groups in total. The lowest BCUT2D eigenvalue weighted by atomic mass is 9.91. The number of nitrogens with one attached hydrogen (secondary N) is 11. The first-order chi connectivity index (χ1) is 68.9. The third-order valence-electron chi connectivity index (χ3n) is 26.5. The minimum atomic E-state index is -1.89. The number of nitrogens with two attached hydrogens (primary N) is 2. The van der Waals surface area contributed by atoms with E-state index in [2.05, 4.69) is 64.7 Å². The number of phenols is 1. The Morgan fingerprint density at radius 3 is 2.03 bits per heavy atom. The lowest BCUT2D eigenvalue weighted by molar-refractivity contribution is -0.207. The van der Waals surface area contributed by atoms with Crippen LogP contribution in [-0.2, 0) is 104 Å². The summed E-state index contributed by atoms with van der Waals surface area (Å²) in [5, 5.41) is 61.4. The zero-order chi connectivity index (χ0) is 104. The van der Waals surface area contributed by atoms with Crippen LogP contribution < -0.4 is 69.0 Å². The van der Waals surface area contributed by atoms with E-state index < -0.39 is 168 Å². The Balaban J connectivity index is 0.903. The summed E-state index contributed by atoms with van der Waals surface area (Å²) in [7, 11) is 11.1. The largest absolute Gasteiger partial charge is 0.508 e. The van der Waals surface area contributed by atoms with Crippen LogP contribution in [0.4, 0.5) is 10.5 Å². The Morgan fingerprint density at radius 2 is 1.36 bits per heavy atom. The maximum atomic E-state index is 15.8. The van der Waals surface area contributed by atoms with Crippen LogP contribution in [-0.4, -0.2) is 261 Å². The van der Waals surface area contributed by atoms with E-state index in [4.69, 9.17) is 46.8 Å². The number of carbonyl (C=O) groups excluding carboxylic acids is 12. The van der Waals surface area contributed by atoms with Gasteiger partial charge >= 0.3 is 12.1 Å². The molecule has 16 atom stereocenters. The fraction of sp³-hybridized carbons (Fsp3) is 0.538. The van der Waals surface area contributed by atoms with E-state index in [1.807, 2.05) is 85.8 Å². The topological polar surface area (TPSA) is 510 Å². The highest BCUT2D eigenvalue weighted by Crippen LogP contribution is 2.40. The number of phenolic OH excluding ortho intramolecular Hbond substituents is 1. The molecule has 144 heavy (non-hydrogen) atoms. The number of halogens is 1. The molecule has 2 saturated heterocycles. The lowest BCUT2D eigenvalue weighted by Gasteiger charge is -2.44. The average molecular weight is 2090 g/mol. The number of aromatic hydroxyl groups is 1. The molecule has 40 heteroatoms. The van der Waals surface area contributed by atoms with Gasteiger partial charge in [0.15, 0.2) is 5.72 Å². The van der Waals surface area contributed by atoms with Crippen molar-refractivity contribution in [3.8, 4) is 11.5 Å². The standard InChI is InChI=1S/C104H144ClN15O20S4/c1-12-13-14-15-16-17-18-22-33-72(144-141-48-45-89(123)119(8)63(3)101(133)139-88-56-90(124)120(9)84-52-68(53-85(136-10)91(84)105)49-62(2)30-29-39-87(137-11)104(135)57-86(138-102(134)118-104)65(5)140-103(88,6)7)44-47-108-79(50-66-31-20-19-21-32-66)95(127)115-82-60-142-143-61-83(98(130)112-78(93(107)125)54-69-58-109-75-36-25-23-34-73(69)75)116-100(132)92(64(4)121)117-94(126)77(38-27-28-46-106)111-97(129)81(55-70-59-110-76-37-26-24-35-74(70)76)114-96(128)80(113-99(82)131)51-67-40-42-71(122)43-41-67/h19-21,23-26,30-32,34-37,40-43,52-53,58-59,63-65,72,77-83,86-88,92,108-110,121-122,135H,12-18,22,27-29,33,38-39,44-51,54-57,60-61,106H2,1-11H3,(H2,107,125)(H,111,129)(H,112,130)(H,113,131)(H,114,128)(H,115,127)(H,116,132)(H,117,126)(H,118,134)/b62-30+/t63-,64+,65+,72?,77-,78-,79+,80-,81+,82-,83-,86-,87+,88-,92?,104-/m0/s1. The molecule has 786 valence electrons. The number of primary amides is 1. The number of hydrogen-bond donors (Lipinski definition) is 16. The van der Waals surface area contributed by atoms with Crippen LogP contribution in [0.3, 0.4) is 0 Å². The molecule has 5 heterocycles. The minimum Gasteiger partial charge on any atom is -0.508 e. The predicted molar refractivity (Wildman–Crippen MR) is 563 cm³/mol. The van der Waals surface area contributed by atoms with Crippen molar-refractivity contribution in [1.29, 1.82) is 0 Å². The SMILES string of the molecule is CCCCCCCCCCC(CCN[C@H](Cc1ccccc1)C(=O)N[C@H]1CSSC[C@@H](C(=O)N[C@@H](Cc2c[nH]c3ccccc23)C(N)=O)NC(=O)C([C@@H](C)O)NC(=O)[C@H](CCCCN)NC(=O)[C@@H](Cc2c[nH]c3ccccc23)NC(=O)[C@H](Cc2ccc(O)cc2)NC1=O)SSCCC(=O)N(C)[C@@H](C)C(=O)O[C@H]1CC(=O)N(C)c2cc(cc(OC)c2Cl)C/C(C)=C/CC[C@@H](OC)[C@@]2(O)C[C@H](OC(=O)N2)[C@@H](C)OC1(C)C. The number of anilines is 1. The van der Waals surface area contributed by atoms with Gasteiger partial charge < -0.3 is 113 Å². The Bertz CT molecular complexity index is 5490. The van der Waals surface area contributed by atoms with Gasteiger partial charge in [-0.2, -0.15) is 0 Å². The van der Waals surface area contributed by atoms with Crippen molar-refractivity contribution in [3.63, 3.8) is 0 Å². The number of methoxy groups -OCH3 is 2. The van der Waals surface area contributed by atoms with Crippen LogP contribution in [0.5, 0.6) is 11.5 Å². The second-order valence-electron chi connectivity index (χ2n) is 37.9. The van der Waals surface area contributed by atoms with Crippen LogP contribution in [0.1, 0.15) is 192 Å². The molecule has 5 aromatic carbocycles. The second kappa shape index (κ2) is 56.9. The summed E-state index contributed by atoms with van der Waals surface area (Å²) in [5.74, 6) is -8.80. The number of rotatable bonds is 41. The first-order valence-electron chi connectivity index (χ1n) is 49.5. The normalized spacial score (nSPS) is 23.0. The van der Waals surface area contributed by atoms with Crippen molar-refractivity contribution in [2.45, 2.75) is 298 Å². The van der Waals surface area contributed by atoms with E-state index in [0.717, 1.165) is 107 Å². The van der Waals surface area contributed by atoms with Gasteiger partial charge in [-0.05, 0) is 177 Å². The maximum Gasteiger partial charge on any atom is 0.409 e. The van der Waals surface area contributed by atoms with Gasteiger partial charge in [0.2, 0.25) is 59.1 Å². The Labute approximate surface area is 863 Å². The molecule has 35 nitrogen and oxygen atoms in total. The highest BCUT2D eigenvalue weighted by Gasteiger charge is 2.50. The number of aliphatic hydroxyl groups excluding tert-OH is 1. The van der Waals surface area contributed by atoms with E-state index in [0.29, 0.717) is 76.9 Å². The number of H-pyrrole nitrogens is 2. The van der Waals surface area contributed by atoms with Crippen molar-refractivity contribution in [3.05, 3.63) is 172 Å². The number of aromatic nitrogens is 2. The number of para-hydroxylation sites is 2. The average Bonchev–Trinajstić information content (AvgIpc) is 1.15. The van der Waals surface area contributed by atoms with Gasteiger partial charge in [-0.15, -0.1) is 0 Å². The van der Waals surface area contributed by atoms with E-state index >= 15 is 19.2 Å². The molecule has 0 saturated carbocycles. The number of aliphatic hydroxyl groups is 2. The van der Waals surface area contributed by atoms with Crippen molar-refractivity contribution in [1.82, 2.24) is 62.7 Å². The summed E-state index contributed by atoms with van der Waals surface area (Å²) in [6.07, 6.45) is 9.23. The van der Waals surface area contributed by atoms with E-state index in [1.54, 1.807) is 81.3 Å². The zero-order valence-electron chi connectivity index (χ0n) is 84.0. The van der Waals surface area contributed by atoms with Crippen molar-refractivity contribution in [2.75, 3.05) is 63.6 Å². The molecule has 3 aliphatic rings. The molecule has 2 fully saturated rings. The Morgan fingerprint density at radius 1 is 0.729 bits per heavy atom. The van der Waals surface area contributed by atoms with Crippen molar-refractivity contribution >= 4 is 153 Å². The predicted octanol–water partition coefficient (Wildman–Crippen LogP) is 10.6. The van der Waals surface area contributed by atoms with E-state index in [9.17, 15) is 53.7 Å². The summed E-state index contributed by atoms with van der Waals surface area (Å²) in [5.41, 5.74) is 14.5. The molecule has 4 bridgehead atoms. The van der Waals surface area contributed by atoms with Crippen LogP contribution in [0, 0.1) is 0 Å². The van der Waals surface area contributed by atoms with Crippen molar-refractivity contribution < 1.29 is 96.5 Å². The molecule has 2 unspecified atom stereocenters. The summed E-state index contributed by atoms with van der Waals surface area (Å²) < 4.78 is 30.3. The third kappa shape index (κ3) is 34.3. The molecule has 2 aromatic heterocycles. The van der Waals surface area contributed by atoms with Gasteiger partial charge in [-0.25, -0.2) is 9.59 Å². The Hall–Kier alpha value is -10.6. The molecule has 0 aliphatic carbocycles. The summed E-state index contributed by atoms with van der Waals surface area (Å²) in [6.45, 7) is 12.3. The smallest absolute Gasteiger partial charge is 0.409 e. The summed E-state index contributed by atoms with van der Waals surface area (Å²) >= 11 is 6.98. The first-order valence-corrected chi connectivity index (χ1v) is 54.8. The summed E-state index contributed by atoms with van der Waals surface area (Å²) in [4.78, 5) is 187. The number of amides is 11. The van der Waals surface area contributed by atoms with Crippen molar-refractivity contribution in [2.24, 2.45) is 11.5 Å². The van der Waals surface area contributed by atoms with E-state index in [-0.39, 0.29) is 97.9 Å². The first kappa shape index (κ1) is 115. The molecule has 0 radical (unpaired) electrons. The lowest BCUT2D eigenvalue weighted by Crippen LogP contribution is -2.64. The number of allylic oxidation sites excluding steroid dienone is 2. The molecule has 11 amide bonds. The molecule has 3 aliphatic heterocycles. The number of carbonyl (C=O) groups is 12.